The first-order valence-corrected chi connectivity index (χ1v) is 11.1. The highest BCUT2D eigenvalue weighted by Gasteiger charge is 2.17. The van der Waals surface area contributed by atoms with Crippen molar-refractivity contribution in [3.05, 3.63) is 72.3 Å². The predicted octanol–water partition coefficient (Wildman–Crippen LogP) is 5.08. The molecule has 0 saturated heterocycles. The number of hydrogen-bond acceptors (Lipinski definition) is 6. The zero-order chi connectivity index (χ0) is 23.8. The van der Waals surface area contributed by atoms with Crippen LogP contribution >= 0.6 is 11.8 Å². The Kier molecular flexibility index (Phi) is 8.21. The number of rotatable bonds is 9. The molecule has 0 spiro atoms. The first-order valence-electron chi connectivity index (χ1n) is 10.2. The Morgan fingerprint density at radius 2 is 1.52 bits per heavy atom. The number of thioether (sulfide) groups is 1. The van der Waals surface area contributed by atoms with Crippen LogP contribution in [0.1, 0.15) is 17.3 Å². The average molecular weight is 467 g/mol. The fraction of sp³-hybridized carbons (Fsp3) is 0.200. The van der Waals surface area contributed by atoms with Gasteiger partial charge in [-0.15, -0.1) is 11.8 Å². The van der Waals surface area contributed by atoms with Gasteiger partial charge in [0.1, 0.15) is 17.2 Å². The molecule has 3 aromatic carbocycles. The number of ether oxygens (including phenoxy) is 3. The number of nitrogens with one attached hydrogen (secondary N) is 2. The maximum atomic E-state index is 12.7. The van der Waals surface area contributed by atoms with Gasteiger partial charge in [-0.1, -0.05) is 6.07 Å². The van der Waals surface area contributed by atoms with Crippen molar-refractivity contribution in [1.29, 1.82) is 0 Å². The number of carbonyl (C=O) groups is 2. The predicted molar refractivity (Wildman–Crippen MR) is 131 cm³/mol. The highest BCUT2D eigenvalue weighted by atomic mass is 32.2. The van der Waals surface area contributed by atoms with Crippen LogP contribution in [0.15, 0.2) is 71.6 Å². The van der Waals surface area contributed by atoms with Crippen LogP contribution in [0.25, 0.3) is 0 Å². The lowest BCUT2D eigenvalue weighted by molar-refractivity contribution is -0.115. The van der Waals surface area contributed by atoms with Crippen LogP contribution in [0.2, 0.25) is 0 Å². The van der Waals surface area contributed by atoms with Crippen molar-refractivity contribution in [2.24, 2.45) is 0 Å². The summed E-state index contributed by atoms with van der Waals surface area (Å²) in [6.07, 6.45) is 0. The van der Waals surface area contributed by atoms with Gasteiger partial charge in [0.2, 0.25) is 5.91 Å². The normalized spacial score (nSPS) is 11.3. The van der Waals surface area contributed by atoms with Crippen LogP contribution in [0.5, 0.6) is 17.2 Å². The van der Waals surface area contributed by atoms with E-state index in [9.17, 15) is 9.59 Å². The van der Waals surface area contributed by atoms with Gasteiger partial charge in [0, 0.05) is 22.2 Å². The molecule has 0 aliphatic carbocycles. The third-order valence-electron chi connectivity index (χ3n) is 4.79. The van der Waals surface area contributed by atoms with Gasteiger partial charge in [0.05, 0.1) is 32.3 Å². The van der Waals surface area contributed by atoms with Gasteiger partial charge >= 0.3 is 0 Å². The highest BCUT2D eigenvalue weighted by Crippen LogP contribution is 2.31. The summed E-state index contributed by atoms with van der Waals surface area (Å²) in [5, 5.41) is 5.39. The van der Waals surface area contributed by atoms with Crippen molar-refractivity contribution in [3.63, 3.8) is 0 Å². The van der Waals surface area contributed by atoms with Crippen LogP contribution in [0, 0.1) is 0 Å². The first kappa shape index (κ1) is 24.0. The van der Waals surface area contributed by atoms with E-state index >= 15 is 0 Å². The quantitative estimate of drug-likeness (QED) is 0.428. The van der Waals surface area contributed by atoms with E-state index in [0.717, 1.165) is 4.90 Å². The Bertz CT molecular complexity index is 1120. The molecule has 33 heavy (non-hydrogen) atoms. The molecule has 7 nitrogen and oxygen atoms in total. The lowest BCUT2D eigenvalue weighted by Gasteiger charge is -2.15. The second-order valence-electron chi connectivity index (χ2n) is 7.03. The summed E-state index contributed by atoms with van der Waals surface area (Å²) in [5.41, 5.74) is 1.71. The molecule has 2 amide bonds. The van der Waals surface area contributed by atoms with Crippen LogP contribution < -0.4 is 24.8 Å². The fourth-order valence-corrected chi connectivity index (χ4v) is 3.86. The summed E-state index contributed by atoms with van der Waals surface area (Å²) in [4.78, 5) is 26.1. The highest BCUT2D eigenvalue weighted by molar-refractivity contribution is 8.00. The van der Waals surface area contributed by atoms with E-state index in [0.29, 0.717) is 34.2 Å². The maximum Gasteiger partial charge on any atom is 0.255 e. The smallest absolute Gasteiger partial charge is 0.255 e. The summed E-state index contributed by atoms with van der Waals surface area (Å²) in [6, 6.07) is 19.5. The summed E-state index contributed by atoms with van der Waals surface area (Å²) in [7, 11) is 4.67. The minimum atomic E-state index is -0.363. The Hall–Kier alpha value is -3.65. The van der Waals surface area contributed by atoms with E-state index in [-0.39, 0.29) is 17.1 Å². The molecular formula is C25H26N2O5S. The van der Waals surface area contributed by atoms with E-state index in [1.165, 1.54) is 11.8 Å². The molecule has 0 fully saturated rings. The van der Waals surface area contributed by atoms with Gasteiger partial charge in [-0.2, -0.15) is 0 Å². The van der Waals surface area contributed by atoms with E-state index in [1.807, 2.05) is 19.1 Å². The van der Waals surface area contributed by atoms with Crippen LogP contribution in [0.4, 0.5) is 11.4 Å². The largest absolute Gasteiger partial charge is 0.497 e. The molecule has 0 radical (unpaired) electrons. The van der Waals surface area contributed by atoms with Crippen molar-refractivity contribution >= 4 is 35.0 Å². The number of methoxy groups -OCH3 is 3. The summed E-state index contributed by atoms with van der Waals surface area (Å²) in [6.45, 7) is 1.82. The van der Waals surface area contributed by atoms with E-state index < -0.39 is 0 Å². The minimum absolute atomic E-state index is 0.165. The molecule has 0 aliphatic heterocycles. The number of carbonyl (C=O) groups excluding carboxylic acids is 2. The van der Waals surface area contributed by atoms with Gasteiger partial charge in [0.25, 0.3) is 5.91 Å². The van der Waals surface area contributed by atoms with Crippen LogP contribution in [0.3, 0.4) is 0 Å². The number of benzene rings is 3. The molecular weight excluding hydrogens is 440 g/mol. The molecule has 1 unspecified atom stereocenters. The summed E-state index contributed by atoms with van der Waals surface area (Å²) in [5.74, 6) is 1.40. The number of amides is 2. The molecule has 0 bridgehead atoms. The second kappa shape index (κ2) is 11.3. The van der Waals surface area contributed by atoms with E-state index in [1.54, 1.807) is 75.9 Å². The lowest BCUT2D eigenvalue weighted by Crippen LogP contribution is -2.22. The summed E-state index contributed by atoms with van der Waals surface area (Å²) < 4.78 is 15.7. The van der Waals surface area contributed by atoms with Crippen LogP contribution in [-0.4, -0.2) is 38.4 Å². The number of hydrogen-bond donors (Lipinski definition) is 2. The zero-order valence-electron chi connectivity index (χ0n) is 18.9. The van der Waals surface area contributed by atoms with Crippen LogP contribution in [-0.2, 0) is 4.79 Å². The number of anilines is 2. The molecule has 1 atom stereocenters. The van der Waals surface area contributed by atoms with Crippen molar-refractivity contribution in [3.8, 4) is 17.2 Å². The molecule has 8 heteroatoms. The third kappa shape index (κ3) is 6.43. The molecule has 0 aromatic heterocycles. The molecule has 0 heterocycles. The fourth-order valence-electron chi connectivity index (χ4n) is 2.99. The van der Waals surface area contributed by atoms with Gasteiger partial charge in [-0.25, -0.2) is 0 Å². The molecule has 2 N–H and O–H groups in total. The average Bonchev–Trinajstić information content (AvgIpc) is 2.85. The SMILES string of the molecule is COc1cccc(C(=O)Nc2ccc(SC(C)C(=O)Nc3cc(OC)ccc3OC)cc2)c1. The molecule has 172 valence electrons. The van der Waals surface area contributed by atoms with Gasteiger partial charge in [-0.3, -0.25) is 9.59 Å². The Morgan fingerprint density at radius 3 is 2.18 bits per heavy atom. The molecule has 0 saturated carbocycles. The molecule has 3 rings (SSSR count). The molecule has 0 aliphatic rings. The van der Waals surface area contributed by atoms with E-state index in [4.69, 9.17) is 14.2 Å². The first-order chi connectivity index (χ1) is 15.9. The maximum absolute atomic E-state index is 12.7. The van der Waals surface area contributed by atoms with Crippen molar-refractivity contribution < 1.29 is 23.8 Å². The molecule has 3 aromatic rings. The van der Waals surface area contributed by atoms with Crippen molar-refractivity contribution in [2.75, 3.05) is 32.0 Å². The van der Waals surface area contributed by atoms with E-state index in [2.05, 4.69) is 10.6 Å². The zero-order valence-corrected chi connectivity index (χ0v) is 19.7. The topological polar surface area (TPSA) is 85.9 Å². The monoisotopic (exact) mass is 466 g/mol. The Labute approximate surface area is 197 Å². The van der Waals surface area contributed by atoms with Gasteiger partial charge in [-0.05, 0) is 61.5 Å². The Morgan fingerprint density at radius 1 is 0.818 bits per heavy atom. The third-order valence-corrected chi connectivity index (χ3v) is 5.90. The second-order valence-corrected chi connectivity index (χ2v) is 8.44. The lowest BCUT2D eigenvalue weighted by atomic mass is 10.2. The minimum Gasteiger partial charge on any atom is -0.497 e. The van der Waals surface area contributed by atoms with Crippen molar-refractivity contribution in [2.45, 2.75) is 17.1 Å². The standard InChI is InChI=1S/C25H26N2O5S/c1-16(24(28)27-22-15-20(31-3)10-13-23(22)32-4)33-21-11-8-18(9-12-21)26-25(29)17-6-5-7-19(14-17)30-2/h5-16H,1-4H3,(H,26,29)(H,27,28). The Balaban J connectivity index is 1.60. The van der Waals surface area contributed by atoms with Gasteiger partial charge in [0.15, 0.2) is 0 Å². The van der Waals surface area contributed by atoms with Gasteiger partial charge < -0.3 is 24.8 Å². The van der Waals surface area contributed by atoms with Crippen molar-refractivity contribution in [1.82, 2.24) is 0 Å². The summed E-state index contributed by atoms with van der Waals surface area (Å²) >= 11 is 1.41.